The Morgan fingerprint density at radius 1 is 1.41 bits per heavy atom. The van der Waals surface area contributed by atoms with E-state index in [9.17, 15) is 4.79 Å². The van der Waals surface area contributed by atoms with E-state index in [0.29, 0.717) is 22.2 Å². The first kappa shape index (κ1) is 13.8. The lowest BCUT2D eigenvalue weighted by molar-refractivity contribution is 0.0936. The number of nitrogens with one attached hydrogen (secondary N) is 1. The van der Waals surface area contributed by atoms with Crippen LogP contribution in [0.25, 0.3) is 0 Å². The maximum Gasteiger partial charge on any atom is 0.251 e. The van der Waals surface area contributed by atoms with Gasteiger partial charge in [-0.2, -0.15) is 0 Å². The highest BCUT2D eigenvalue weighted by Crippen LogP contribution is 2.19. The smallest absolute Gasteiger partial charge is 0.251 e. The van der Waals surface area contributed by atoms with Crippen molar-refractivity contribution in [2.24, 2.45) is 5.92 Å². The monoisotopic (exact) mass is 254 g/mol. The summed E-state index contributed by atoms with van der Waals surface area (Å²) < 4.78 is 0. The number of amides is 1. The normalized spacial score (nSPS) is 12.5. The van der Waals surface area contributed by atoms with Gasteiger partial charge in [0.05, 0.1) is 10.7 Å². The summed E-state index contributed by atoms with van der Waals surface area (Å²) in [7, 11) is 0. The van der Waals surface area contributed by atoms with E-state index in [0.717, 1.165) is 6.42 Å². The fourth-order valence-corrected chi connectivity index (χ4v) is 1.88. The zero-order valence-electron chi connectivity index (χ0n) is 10.5. The third kappa shape index (κ3) is 4.27. The molecule has 0 spiro atoms. The molecule has 1 amide bonds. The molecule has 0 heterocycles. The van der Waals surface area contributed by atoms with Gasteiger partial charge in [-0.05, 0) is 37.5 Å². The second kappa shape index (κ2) is 5.92. The van der Waals surface area contributed by atoms with Crippen molar-refractivity contribution in [1.29, 1.82) is 0 Å². The van der Waals surface area contributed by atoms with Crippen molar-refractivity contribution in [1.82, 2.24) is 5.32 Å². The molecule has 1 aromatic rings. The van der Waals surface area contributed by atoms with Crippen LogP contribution < -0.4 is 11.1 Å². The number of rotatable bonds is 4. The van der Waals surface area contributed by atoms with Crippen LogP contribution in [0.4, 0.5) is 5.69 Å². The summed E-state index contributed by atoms with van der Waals surface area (Å²) in [6.07, 6.45) is 0.953. The number of carbonyl (C=O) groups excluding carboxylic acids is 1. The molecule has 1 rings (SSSR count). The zero-order chi connectivity index (χ0) is 13.0. The third-order valence-electron chi connectivity index (χ3n) is 2.46. The van der Waals surface area contributed by atoms with Crippen LogP contribution in [-0.2, 0) is 0 Å². The van der Waals surface area contributed by atoms with E-state index in [1.165, 1.54) is 0 Å². The Morgan fingerprint density at radius 3 is 2.59 bits per heavy atom. The van der Waals surface area contributed by atoms with Gasteiger partial charge in [-0.1, -0.05) is 25.4 Å². The highest BCUT2D eigenvalue weighted by molar-refractivity contribution is 6.33. The average molecular weight is 255 g/mol. The summed E-state index contributed by atoms with van der Waals surface area (Å²) in [5, 5.41) is 3.41. The Kier molecular flexibility index (Phi) is 4.82. The van der Waals surface area contributed by atoms with Crippen molar-refractivity contribution in [2.75, 3.05) is 5.73 Å². The molecule has 1 aromatic carbocycles. The van der Waals surface area contributed by atoms with Crippen LogP contribution in [0.5, 0.6) is 0 Å². The molecule has 3 N–H and O–H groups in total. The largest absolute Gasteiger partial charge is 0.398 e. The molecule has 0 bridgehead atoms. The van der Waals surface area contributed by atoms with Crippen LogP contribution in [0, 0.1) is 5.92 Å². The molecule has 94 valence electrons. The van der Waals surface area contributed by atoms with Crippen molar-refractivity contribution >= 4 is 23.2 Å². The van der Waals surface area contributed by atoms with Crippen molar-refractivity contribution < 1.29 is 4.79 Å². The minimum Gasteiger partial charge on any atom is -0.398 e. The predicted octanol–water partition coefficient (Wildman–Crippen LogP) is 3.09. The Hall–Kier alpha value is -1.22. The number of anilines is 1. The second-order valence-corrected chi connectivity index (χ2v) is 5.15. The summed E-state index contributed by atoms with van der Waals surface area (Å²) in [5.41, 5.74) is 6.63. The molecule has 0 aliphatic rings. The molecule has 17 heavy (non-hydrogen) atoms. The number of hydrogen-bond donors (Lipinski definition) is 2. The molecular formula is C13H19ClN2O. The van der Waals surface area contributed by atoms with Gasteiger partial charge in [0, 0.05) is 11.6 Å². The molecule has 0 radical (unpaired) electrons. The Bertz CT molecular complexity index is 404. The molecule has 4 heteroatoms. The fraction of sp³-hybridized carbons (Fsp3) is 0.462. The number of benzene rings is 1. The topological polar surface area (TPSA) is 55.1 Å². The van der Waals surface area contributed by atoms with Gasteiger partial charge in [-0.15, -0.1) is 0 Å². The standard InChI is InChI=1S/C13H19ClN2O/c1-8(2)6-9(3)16-13(17)10-4-5-11(14)12(15)7-10/h4-5,7-9H,6,15H2,1-3H3,(H,16,17). The van der Waals surface area contributed by atoms with Gasteiger partial charge < -0.3 is 11.1 Å². The maximum absolute atomic E-state index is 11.9. The van der Waals surface area contributed by atoms with E-state index >= 15 is 0 Å². The molecule has 0 fully saturated rings. The first-order valence-corrected chi connectivity index (χ1v) is 6.14. The van der Waals surface area contributed by atoms with E-state index in [2.05, 4.69) is 19.2 Å². The first-order valence-electron chi connectivity index (χ1n) is 5.76. The molecule has 0 saturated heterocycles. The van der Waals surface area contributed by atoms with Crippen LogP contribution >= 0.6 is 11.6 Å². The van der Waals surface area contributed by atoms with Gasteiger partial charge in [0.1, 0.15) is 0 Å². The van der Waals surface area contributed by atoms with Crippen molar-refractivity contribution in [3.8, 4) is 0 Å². The average Bonchev–Trinajstić information content (AvgIpc) is 2.20. The number of nitrogen functional groups attached to an aromatic ring is 1. The van der Waals surface area contributed by atoms with Crippen LogP contribution in [0.15, 0.2) is 18.2 Å². The summed E-state index contributed by atoms with van der Waals surface area (Å²) in [6.45, 7) is 6.25. The summed E-state index contributed by atoms with van der Waals surface area (Å²) in [6, 6.07) is 5.06. The minimum absolute atomic E-state index is 0.110. The fourth-order valence-electron chi connectivity index (χ4n) is 1.76. The van der Waals surface area contributed by atoms with E-state index in [-0.39, 0.29) is 11.9 Å². The number of hydrogen-bond acceptors (Lipinski definition) is 2. The van der Waals surface area contributed by atoms with E-state index in [1.807, 2.05) is 6.92 Å². The van der Waals surface area contributed by atoms with Gasteiger partial charge >= 0.3 is 0 Å². The number of carbonyl (C=O) groups is 1. The quantitative estimate of drug-likeness (QED) is 0.812. The Labute approximate surface area is 107 Å². The number of halogens is 1. The third-order valence-corrected chi connectivity index (χ3v) is 2.80. The predicted molar refractivity (Wildman–Crippen MR) is 72.2 cm³/mol. The highest BCUT2D eigenvalue weighted by atomic mass is 35.5. The Morgan fingerprint density at radius 2 is 2.06 bits per heavy atom. The molecule has 0 saturated carbocycles. The van der Waals surface area contributed by atoms with Crippen molar-refractivity contribution in [2.45, 2.75) is 33.2 Å². The van der Waals surface area contributed by atoms with E-state index in [4.69, 9.17) is 17.3 Å². The second-order valence-electron chi connectivity index (χ2n) is 4.74. The maximum atomic E-state index is 11.9. The Balaban J connectivity index is 2.66. The lowest BCUT2D eigenvalue weighted by Crippen LogP contribution is -2.33. The molecular weight excluding hydrogens is 236 g/mol. The van der Waals surface area contributed by atoms with Crippen molar-refractivity contribution in [3.05, 3.63) is 28.8 Å². The van der Waals surface area contributed by atoms with Gasteiger partial charge in [-0.25, -0.2) is 0 Å². The lowest BCUT2D eigenvalue weighted by atomic mass is 10.0. The molecule has 0 aliphatic carbocycles. The SMILES string of the molecule is CC(C)CC(C)NC(=O)c1ccc(Cl)c(N)c1. The molecule has 3 nitrogen and oxygen atoms in total. The summed E-state index contributed by atoms with van der Waals surface area (Å²) >= 11 is 5.80. The van der Waals surface area contributed by atoms with Crippen molar-refractivity contribution in [3.63, 3.8) is 0 Å². The molecule has 1 unspecified atom stereocenters. The summed E-state index contributed by atoms with van der Waals surface area (Å²) in [4.78, 5) is 11.9. The van der Waals surface area contributed by atoms with Gasteiger partial charge in [0.2, 0.25) is 0 Å². The minimum atomic E-state index is -0.110. The molecule has 1 atom stereocenters. The summed E-state index contributed by atoms with van der Waals surface area (Å²) in [5.74, 6) is 0.446. The number of nitrogens with two attached hydrogens (primary N) is 1. The van der Waals surface area contributed by atoms with Gasteiger partial charge in [-0.3, -0.25) is 4.79 Å². The molecule has 0 aromatic heterocycles. The van der Waals surface area contributed by atoms with E-state index < -0.39 is 0 Å². The van der Waals surface area contributed by atoms with Crippen LogP contribution in [0.1, 0.15) is 37.6 Å². The zero-order valence-corrected chi connectivity index (χ0v) is 11.2. The molecule has 0 aliphatic heterocycles. The van der Waals surface area contributed by atoms with E-state index in [1.54, 1.807) is 18.2 Å². The van der Waals surface area contributed by atoms with Crippen LogP contribution in [0.3, 0.4) is 0 Å². The van der Waals surface area contributed by atoms with Gasteiger partial charge in [0.25, 0.3) is 5.91 Å². The first-order chi connectivity index (χ1) is 7.90. The van der Waals surface area contributed by atoms with Gasteiger partial charge in [0.15, 0.2) is 0 Å². The lowest BCUT2D eigenvalue weighted by Gasteiger charge is -2.16. The highest BCUT2D eigenvalue weighted by Gasteiger charge is 2.11. The van der Waals surface area contributed by atoms with Crippen LogP contribution in [-0.4, -0.2) is 11.9 Å². The van der Waals surface area contributed by atoms with Crippen LogP contribution in [0.2, 0.25) is 5.02 Å².